The molecule has 0 amide bonds. The molecule has 40 heavy (non-hydrogen) atoms. The monoisotopic (exact) mass is 531 g/mol. The Labute approximate surface area is 245 Å². The molecule has 0 saturated heterocycles. The minimum atomic E-state index is 0.921. The molecule has 0 bridgehead atoms. The lowest BCUT2D eigenvalue weighted by atomic mass is 10.1. The summed E-state index contributed by atoms with van der Waals surface area (Å²) in [4.78, 5) is 2.17. The van der Waals surface area contributed by atoms with Gasteiger partial charge < -0.3 is 4.90 Å². The normalized spacial score (nSPS) is 20.7. The fourth-order valence-electron chi connectivity index (χ4n) is 4.44. The molecule has 0 aromatic heterocycles. The van der Waals surface area contributed by atoms with E-state index in [-0.39, 0.29) is 0 Å². The van der Waals surface area contributed by atoms with Crippen molar-refractivity contribution in [2.75, 3.05) is 11.9 Å². The topological polar surface area (TPSA) is 3.24 Å². The Kier molecular flexibility index (Phi) is 16.3. The largest absolute Gasteiger partial charge is 0.345 e. The summed E-state index contributed by atoms with van der Waals surface area (Å²) < 4.78 is 0. The van der Waals surface area contributed by atoms with Crippen molar-refractivity contribution >= 4 is 11.4 Å². The highest BCUT2D eigenvalue weighted by molar-refractivity contribution is 5.61. The van der Waals surface area contributed by atoms with Crippen LogP contribution in [-0.2, 0) is 0 Å². The van der Waals surface area contributed by atoms with Gasteiger partial charge in [0.1, 0.15) is 0 Å². The lowest BCUT2D eigenvalue weighted by Crippen LogP contribution is -2.08. The second-order valence-electron chi connectivity index (χ2n) is 9.83. The zero-order valence-electron chi connectivity index (χ0n) is 25.2. The van der Waals surface area contributed by atoms with Crippen LogP contribution in [0, 0.1) is 24.7 Å². The maximum Gasteiger partial charge on any atom is 0.0408 e. The number of benzene rings is 3. The molecule has 1 saturated carbocycles. The van der Waals surface area contributed by atoms with E-state index in [2.05, 4.69) is 135 Å². The van der Waals surface area contributed by atoms with Gasteiger partial charge in [-0.25, -0.2) is 0 Å². The van der Waals surface area contributed by atoms with Crippen LogP contribution in [0.5, 0.6) is 0 Å². The maximum absolute atomic E-state index is 2.40. The average molecular weight is 532 g/mol. The summed E-state index contributed by atoms with van der Waals surface area (Å²) in [5.41, 5.74) is 3.74. The third kappa shape index (κ3) is 12.8. The van der Waals surface area contributed by atoms with Gasteiger partial charge in [0.15, 0.2) is 0 Å². The van der Waals surface area contributed by atoms with E-state index in [1.807, 2.05) is 56.3 Å². The quantitative estimate of drug-likeness (QED) is 0.297. The summed E-state index contributed by atoms with van der Waals surface area (Å²) >= 11 is 0. The van der Waals surface area contributed by atoms with Gasteiger partial charge >= 0.3 is 0 Å². The third-order valence-corrected chi connectivity index (χ3v) is 6.95. The average Bonchev–Trinajstić information content (AvgIpc) is 3.71. The second-order valence-corrected chi connectivity index (χ2v) is 9.83. The molecule has 1 heteroatoms. The molecule has 3 aliphatic rings. The van der Waals surface area contributed by atoms with Crippen LogP contribution in [0.2, 0.25) is 0 Å². The van der Waals surface area contributed by atoms with Gasteiger partial charge in [-0.05, 0) is 68.2 Å². The van der Waals surface area contributed by atoms with Crippen molar-refractivity contribution in [3.63, 3.8) is 0 Å². The Morgan fingerprint density at radius 1 is 0.575 bits per heavy atom. The fraction of sp³-hybridized carbons (Fsp3) is 0.282. The van der Waals surface area contributed by atoms with Crippen molar-refractivity contribution in [3.8, 4) is 0 Å². The van der Waals surface area contributed by atoms with Crippen molar-refractivity contribution < 1.29 is 0 Å². The van der Waals surface area contributed by atoms with Crippen LogP contribution in [0.1, 0.15) is 45.6 Å². The Hall–Kier alpha value is -3.84. The molecule has 3 aromatic carbocycles. The Bertz CT molecular complexity index is 1120. The van der Waals surface area contributed by atoms with E-state index in [4.69, 9.17) is 0 Å². The Morgan fingerprint density at radius 2 is 1.05 bits per heavy atom. The number of hydrogen-bond acceptors (Lipinski definition) is 1. The summed E-state index contributed by atoms with van der Waals surface area (Å²) in [5, 5.41) is 0. The summed E-state index contributed by atoms with van der Waals surface area (Å²) in [6.07, 6.45) is 25.3. The number of allylic oxidation sites excluding steroid dienone is 10. The van der Waals surface area contributed by atoms with Gasteiger partial charge in [0.2, 0.25) is 0 Å². The predicted octanol–water partition coefficient (Wildman–Crippen LogP) is 11.3. The van der Waals surface area contributed by atoms with Gasteiger partial charge in [-0.1, -0.05) is 154 Å². The lowest BCUT2D eigenvalue weighted by Gasteiger charge is -2.18. The molecule has 0 N–H and O–H groups in total. The minimum Gasteiger partial charge on any atom is -0.345 e. The van der Waals surface area contributed by atoms with Gasteiger partial charge in [0, 0.05) is 18.4 Å². The van der Waals surface area contributed by atoms with Crippen molar-refractivity contribution in [2.45, 2.75) is 47.0 Å². The molecule has 3 atom stereocenters. The predicted molar refractivity (Wildman–Crippen MR) is 179 cm³/mol. The SMILES string of the molecule is C1=CC=CCC=C1.CC.CC1C2/C=C\C/C=C\CC12.CN(c1ccccc1)c1ccccc1.Cc1ccccc1. The van der Waals surface area contributed by atoms with E-state index in [0.29, 0.717) is 0 Å². The molecular weight excluding hydrogens is 482 g/mol. The Morgan fingerprint density at radius 3 is 1.52 bits per heavy atom. The first-order valence-electron chi connectivity index (χ1n) is 14.8. The minimum absolute atomic E-state index is 0.921. The van der Waals surface area contributed by atoms with Gasteiger partial charge in [-0.15, -0.1) is 0 Å². The number of nitrogens with zero attached hydrogens (tertiary/aromatic N) is 1. The van der Waals surface area contributed by atoms with Crippen LogP contribution >= 0.6 is 0 Å². The standard InChI is InChI=1S/C13H13N.C10H14.2C7H8.C2H6/c1-14(12-8-4-2-5-9-12)13-10-6-3-7-11-13;1-8-9-6-4-2-3-5-7-10(8)9;1-7-5-3-2-4-6-7;1-2-4-6-7-5-3-1;1-2/h2-11H,1H3;2,4-5,7-10H,3,6H2,1H3;2-6H,1H3;1-6H,7H2;1-2H3/b;4-2-,7-5-;;;. The number of aryl methyl sites for hydroxylation is 1. The molecule has 6 rings (SSSR count). The third-order valence-electron chi connectivity index (χ3n) is 6.95. The van der Waals surface area contributed by atoms with Gasteiger partial charge in [-0.3, -0.25) is 0 Å². The van der Waals surface area contributed by atoms with E-state index in [9.17, 15) is 0 Å². The van der Waals surface area contributed by atoms with Crippen LogP contribution in [0.25, 0.3) is 0 Å². The molecule has 210 valence electrons. The number of fused-ring (bicyclic) bond motifs is 1. The second kappa shape index (κ2) is 20.1. The van der Waals surface area contributed by atoms with Crippen LogP contribution in [0.15, 0.2) is 152 Å². The van der Waals surface area contributed by atoms with E-state index in [1.54, 1.807) is 0 Å². The first-order valence-corrected chi connectivity index (χ1v) is 14.8. The van der Waals surface area contributed by atoms with E-state index < -0.39 is 0 Å². The van der Waals surface area contributed by atoms with Crippen molar-refractivity contribution in [1.29, 1.82) is 0 Å². The van der Waals surface area contributed by atoms with Crippen LogP contribution < -0.4 is 4.90 Å². The Balaban J connectivity index is 0.000000191. The smallest absolute Gasteiger partial charge is 0.0408 e. The molecule has 0 radical (unpaired) electrons. The number of para-hydroxylation sites is 2. The maximum atomic E-state index is 2.40. The number of rotatable bonds is 2. The van der Waals surface area contributed by atoms with Crippen molar-refractivity contribution in [1.82, 2.24) is 0 Å². The van der Waals surface area contributed by atoms with Gasteiger partial charge in [-0.2, -0.15) is 0 Å². The molecular formula is C39H49N. The van der Waals surface area contributed by atoms with Crippen LogP contribution in [0.4, 0.5) is 11.4 Å². The van der Waals surface area contributed by atoms with Crippen molar-refractivity contribution in [3.05, 3.63) is 157 Å². The highest BCUT2D eigenvalue weighted by Gasteiger charge is 2.43. The fourth-order valence-corrected chi connectivity index (χ4v) is 4.44. The highest BCUT2D eigenvalue weighted by Crippen LogP contribution is 2.49. The van der Waals surface area contributed by atoms with Crippen LogP contribution in [-0.4, -0.2) is 7.05 Å². The molecule has 0 aliphatic heterocycles. The van der Waals surface area contributed by atoms with Gasteiger partial charge in [0.05, 0.1) is 0 Å². The van der Waals surface area contributed by atoms with E-state index in [1.165, 1.54) is 23.4 Å². The zero-order chi connectivity index (χ0) is 28.8. The molecule has 0 heterocycles. The summed E-state index contributed by atoms with van der Waals surface area (Å²) in [6, 6.07) is 30.9. The molecule has 3 aromatic rings. The molecule has 1 fully saturated rings. The first-order chi connectivity index (χ1) is 19.7. The molecule has 1 nitrogen and oxygen atoms in total. The molecule has 0 spiro atoms. The summed E-state index contributed by atoms with van der Waals surface area (Å²) in [6.45, 7) is 8.44. The number of anilines is 2. The van der Waals surface area contributed by atoms with Crippen molar-refractivity contribution in [2.24, 2.45) is 17.8 Å². The lowest BCUT2D eigenvalue weighted by molar-refractivity contribution is 0.758. The van der Waals surface area contributed by atoms with Gasteiger partial charge in [0.25, 0.3) is 0 Å². The first kappa shape index (κ1) is 32.4. The van der Waals surface area contributed by atoms with Crippen LogP contribution in [0.3, 0.4) is 0 Å². The number of hydrogen-bond donors (Lipinski definition) is 0. The highest BCUT2D eigenvalue weighted by atomic mass is 15.1. The zero-order valence-corrected chi connectivity index (χ0v) is 25.2. The van der Waals surface area contributed by atoms with E-state index in [0.717, 1.165) is 30.6 Å². The summed E-state index contributed by atoms with van der Waals surface area (Å²) in [7, 11) is 2.07. The van der Waals surface area contributed by atoms with E-state index >= 15 is 0 Å². The molecule has 3 unspecified atom stereocenters. The molecule has 3 aliphatic carbocycles. The summed E-state index contributed by atoms with van der Waals surface area (Å²) in [5.74, 6) is 2.86.